The van der Waals surface area contributed by atoms with Gasteiger partial charge in [0.1, 0.15) is 0 Å². The summed E-state index contributed by atoms with van der Waals surface area (Å²) in [5, 5.41) is 0. The van der Waals surface area contributed by atoms with Crippen LogP contribution in [0.5, 0.6) is 0 Å². The van der Waals surface area contributed by atoms with E-state index in [1.54, 1.807) is 37.1 Å². The van der Waals surface area contributed by atoms with Gasteiger partial charge in [-0.25, -0.2) is 4.79 Å². The van der Waals surface area contributed by atoms with E-state index in [0.717, 1.165) is 18.4 Å². The molecule has 1 amide bonds. The molecule has 2 heterocycles. The first-order chi connectivity index (χ1) is 12.0. The summed E-state index contributed by atoms with van der Waals surface area (Å²) >= 11 is 0. The predicted molar refractivity (Wildman–Crippen MR) is 91.1 cm³/mol. The molecule has 0 bridgehead atoms. The van der Waals surface area contributed by atoms with E-state index in [-0.39, 0.29) is 24.2 Å². The van der Waals surface area contributed by atoms with Crippen LogP contribution in [0.3, 0.4) is 0 Å². The molecule has 7 nitrogen and oxygen atoms in total. The number of carbonyl (C=O) groups excluding carboxylic acids is 2. The predicted octanol–water partition coefficient (Wildman–Crippen LogP) is 1.48. The van der Waals surface area contributed by atoms with Crippen LogP contribution in [0, 0.1) is 5.92 Å². The Morgan fingerprint density at radius 2 is 2.16 bits per heavy atom. The number of piperidine rings is 1. The van der Waals surface area contributed by atoms with Crippen LogP contribution in [0.25, 0.3) is 11.1 Å². The molecular formula is C18H22N2O5. The molecule has 0 spiro atoms. The number of aromatic nitrogens is 1. The van der Waals surface area contributed by atoms with Crippen LogP contribution < -0.4 is 5.76 Å². The summed E-state index contributed by atoms with van der Waals surface area (Å²) in [5.41, 5.74) is 1.98. The molecule has 0 aliphatic carbocycles. The van der Waals surface area contributed by atoms with Crippen molar-refractivity contribution >= 4 is 23.0 Å². The van der Waals surface area contributed by atoms with Gasteiger partial charge in [-0.05, 0) is 37.5 Å². The highest BCUT2D eigenvalue weighted by atomic mass is 16.5. The summed E-state index contributed by atoms with van der Waals surface area (Å²) in [4.78, 5) is 37.8. The van der Waals surface area contributed by atoms with Crippen molar-refractivity contribution in [1.82, 2.24) is 9.47 Å². The number of hydrogen-bond donors (Lipinski definition) is 0. The minimum absolute atomic E-state index is 0.0261. The first-order valence-corrected chi connectivity index (χ1v) is 8.52. The molecule has 1 saturated heterocycles. The molecule has 2 aromatic rings. The number of ether oxygens (including phenoxy) is 1. The van der Waals surface area contributed by atoms with Gasteiger partial charge in [0, 0.05) is 20.1 Å². The molecule has 3 rings (SSSR count). The van der Waals surface area contributed by atoms with Gasteiger partial charge in [-0.15, -0.1) is 0 Å². The van der Waals surface area contributed by atoms with Gasteiger partial charge in [0.25, 0.3) is 0 Å². The number of oxazole rings is 1. The van der Waals surface area contributed by atoms with Crippen molar-refractivity contribution in [1.29, 1.82) is 0 Å². The SMILES string of the molecule is CCOC(=O)C1CCCN(C(=O)Cc2ccc3oc(=O)n(C)c3c2)C1. The number of esters is 1. The van der Waals surface area contributed by atoms with Crippen molar-refractivity contribution in [3.63, 3.8) is 0 Å². The number of hydrogen-bond acceptors (Lipinski definition) is 5. The number of nitrogens with zero attached hydrogens (tertiary/aromatic N) is 2. The van der Waals surface area contributed by atoms with Crippen molar-refractivity contribution in [3.05, 3.63) is 34.3 Å². The summed E-state index contributed by atoms with van der Waals surface area (Å²) in [7, 11) is 1.63. The van der Waals surface area contributed by atoms with E-state index in [1.807, 2.05) is 0 Å². The fourth-order valence-electron chi connectivity index (χ4n) is 3.22. The third-order valence-electron chi connectivity index (χ3n) is 4.61. The van der Waals surface area contributed by atoms with E-state index in [0.29, 0.717) is 30.8 Å². The first-order valence-electron chi connectivity index (χ1n) is 8.52. The van der Waals surface area contributed by atoms with Crippen LogP contribution in [0.15, 0.2) is 27.4 Å². The van der Waals surface area contributed by atoms with Crippen molar-refractivity contribution < 1.29 is 18.7 Å². The zero-order valence-electron chi connectivity index (χ0n) is 14.5. The Morgan fingerprint density at radius 1 is 1.36 bits per heavy atom. The van der Waals surface area contributed by atoms with Crippen LogP contribution in [-0.2, 0) is 27.8 Å². The van der Waals surface area contributed by atoms with Crippen molar-refractivity contribution in [2.75, 3.05) is 19.7 Å². The third kappa shape index (κ3) is 3.60. The molecule has 1 aromatic heterocycles. The third-order valence-corrected chi connectivity index (χ3v) is 4.61. The lowest BCUT2D eigenvalue weighted by atomic mass is 9.97. The minimum Gasteiger partial charge on any atom is -0.466 e. The molecule has 25 heavy (non-hydrogen) atoms. The maximum absolute atomic E-state index is 12.6. The Morgan fingerprint density at radius 3 is 2.92 bits per heavy atom. The van der Waals surface area contributed by atoms with Gasteiger partial charge in [0.2, 0.25) is 5.91 Å². The molecular weight excluding hydrogens is 324 g/mol. The molecule has 1 aliphatic rings. The zero-order chi connectivity index (χ0) is 18.0. The number of rotatable bonds is 4. The molecule has 1 aromatic carbocycles. The summed E-state index contributed by atoms with van der Waals surface area (Å²) in [6.45, 7) is 3.20. The van der Waals surface area contributed by atoms with Gasteiger partial charge in [0.15, 0.2) is 5.58 Å². The Labute approximate surface area is 145 Å². The Hall–Kier alpha value is -2.57. The average molecular weight is 346 g/mol. The molecule has 1 aliphatic heterocycles. The van der Waals surface area contributed by atoms with Gasteiger partial charge >= 0.3 is 11.7 Å². The summed E-state index contributed by atoms with van der Waals surface area (Å²) in [6.07, 6.45) is 1.78. The van der Waals surface area contributed by atoms with Crippen LogP contribution in [0.1, 0.15) is 25.3 Å². The van der Waals surface area contributed by atoms with Gasteiger partial charge in [0.05, 0.1) is 24.5 Å². The number of benzene rings is 1. The molecule has 1 unspecified atom stereocenters. The Balaban J connectivity index is 1.70. The number of carbonyl (C=O) groups is 2. The molecule has 0 saturated carbocycles. The second kappa shape index (κ2) is 7.13. The number of fused-ring (bicyclic) bond motifs is 1. The molecule has 134 valence electrons. The van der Waals surface area contributed by atoms with E-state index in [9.17, 15) is 14.4 Å². The monoisotopic (exact) mass is 346 g/mol. The van der Waals surface area contributed by atoms with Gasteiger partial charge in [-0.2, -0.15) is 0 Å². The molecule has 1 atom stereocenters. The van der Waals surface area contributed by atoms with Crippen LogP contribution in [-0.4, -0.2) is 41.0 Å². The smallest absolute Gasteiger partial charge is 0.419 e. The number of aryl methyl sites for hydroxylation is 1. The van der Waals surface area contributed by atoms with Gasteiger partial charge in [-0.1, -0.05) is 6.07 Å². The molecule has 0 radical (unpaired) electrons. The summed E-state index contributed by atoms with van der Waals surface area (Å²) < 4.78 is 11.6. The highest BCUT2D eigenvalue weighted by Gasteiger charge is 2.29. The van der Waals surface area contributed by atoms with Crippen LogP contribution in [0.4, 0.5) is 0 Å². The van der Waals surface area contributed by atoms with E-state index in [2.05, 4.69) is 0 Å². The van der Waals surface area contributed by atoms with Crippen molar-refractivity contribution in [3.8, 4) is 0 Å². The lowest BCUT2D eigenvalue weighted by molar-refractivity contribution is -0.151. The summed E-state index contributed by atoms with van der Waals surface area (Å²) in [6, 6.07) is 5.29. The van der Waals surface area contributed by atoms with E-state index in [4.69, 9.17) is 9.15 Å². The van der Waals surface area contributed by atoms with Crippen LogP contribution >= 0.6 is 0 Å². The summed E-state index contributed by atoms with van der Waals surface area (Å²) in [5.74, 6) is -0.918. The standard InChI is InChI=1S/C18H22N2O5/c1-3-24-17(22)13-5-4-8-20(11-13)16(21)10-12-6-7-15-14(9-12)19(2)18(23)25-15/h6-7,9,13H,3-5,8,10-11H2,1-2H3. The molecule has 1 fully saturated rings. The second-order valence-corrected chi connectivity index (χ2v) is 6.34. The maximum Gasteiger partial charge on any atom is 0.419 e. The quantitative estimate of drug-likeness (QED) is 0.783. The van der Waals surface area contributed by atoms with Crippen molar-refractivity contribution in [2.24, 2.45) is 13.0 Å². The van der Waals surface area contributed by atoms with Gasteiger partial charge < -0.3 is 14.1 Å². The zero-order valence-corrected chi connectivity index (χ0v) is 14.5. The van der Waals surface area contributed by atoms with E-state index < -0.39 is 5.76 Å². The first kappa shape index (κ1) is 17.3. The number of likely N-dealkylation sites (tertiary alicyclic amines) is 1. The average Bonchev–Trinajstić information content (AvgIpc) is 2.89. The second-order valence-electron chi connectivity index (χ2n) is 6.34. The minimum atomic E-state index is -0.424. The maximum atomic E-state index is 12.6. The van der Waals surface area contributed by atoms with Crippen molar-refractivity contribution in [2.45, 2.75) is 26.2 Å². The normalized spacial score (nSPS) is 17.7. The lowest BCUT2D eigenvalue weighted by Gasteiger charge is -2.31. The molecule has 7 heteroatoms. The van der Waals surface area contributed by atoms with E-state index >= 15 is 0 Å². The highest BCUT2D eigenvalue weighted by molar-refractivity contribution is 5.82. The Bertz CT molecular complexity index is 851. The fourth-order valence-corrected chi connectivity index (χ4v) is 3.22. The lowest BCUT2D eigenvalue weighted by Crippen LogP contribution is -2.43. The topological polar surface area (TPSA) is 81.8 Å². The molecule has 0 N–H and O–H groups in total. The highest BCUT2D eigenvalue weighted by Crippen LogP contribution is 2.20. The number of amides is 1. The largest absolute Gasteiger partial charge is 0.466 e. The Kier molecular flexibility index (Phi) is 4.92. The van der Waals surface area contributed by atoms with E-state index in [1.165, 1.54) is 4.57 Å². The van der Waals surface area contributed by atoms with Gasteiger partial charge in [-0.3, -0.25) is 14.2 Å². The fraction of sp³-hybridized carbons (Fsp3) is 0.500. The van der Waals surface area contributed by atoms with Crippen LogP contribution in [0.2, 0.25) is 0 Å².